The van der Waals surface area contributed by atoms with Gasteiger partial charge >= 0.3 is 0 Å². The van der Waals surface area contributed by atoms with Crippen molar-refractivity contribution in [1.82, 2.24) is 15.0 Å². The molecule has 0 unspecified atom stereocenters. The standard InChI is InChI=1S/C30H32FN5O2/c1-20-18-25(29-32-21(2)38-34-29)9-11-27(20)22-4-6-24(7-5-22)30(37)33-26-10-8-23(12-13-31)28(19-26)36-16-14-35(3)15-17-36/h4-11,18-19H,12-17H2,1-3H3,(H,33,37). The fourth-order valence-corrected chi connectivity index (χ4v) is 4.84. The zero-order valence-electron chi connectivity index (χ0n) is 22.0. The molecule has 0 aliphatic carbocycles. The molecule has 7 nitrogen and oxygen atoms in total. The van der Waals surface area contributed by atoms with Crippen molar-refractivity contribution < 1.29 is 13.7 Å². The minimum absolute atomic E-state index is 0.182. The Morgan fingerprint density at radius 1 is 0.974 bits per heavy atom. The van der Waals surface area contributed by atoms with Crippen LogP contribution in [0.5, 0.6) is 0 Å². The Kier molecular flexibility index (Phi) is 7.51. The Morgan fingerprint density at radius 3 is 2.37 bits per heavy atom. The molecule has 3 aromatic carbocycles. The van der Waals surface area contributed by atoms with Crippen LogP contribution in [0.2, 0.25) is 0 Å². The summed E-state index contributed by atoms with van der Waals surface area (Å²) in [5.41, 5.74) is 7.30. The number of piperazine rings is 1. The number of amides is 1. The highest BCUT2D eigenvalue weighted by Gasteiger charge is 2.18. The number of nitrogens with one attached hydrogen (secondary N) is 1. The molecule has 1 saturated heterocycles. The van der Waals surface area contributed by atoms with Crippen LogP contribution in [0.15, 0.2) is 65.2 Å². The lowest BCUT2D eigenvalue weighted by Crippen LogP contribution is -2.44. The van der Waals surface area contributed by atoms with Gasteiger partial charge in [-0.2, -0.15) is 4.98 Å². The van der Waals surface area contributed by atoms with Gasteiger partial charge in [-0.05, 0) is 66.6 Å². The maximum absolute atomic E-state index is 13.2. The largest absolute Gasteiger partial charge is 0.369 e. The molecule has 8 heteroatoms. The van der Waals surface area contributed by atoms with Crippen molar-refractivity contribution in [2.75, 3.05) is 50.1 Å². The number of carbonyl (C=O) groups is 1. The number of benzene rings is 3. The summed E-state index contributed by atoms with van der Waals surface area (Å²) in [5.74, 6) is 0.915. The van der Waals surface area contributed by atoms with E-state index in [1.807, 2.05) is 67.6 Å². The highest BCUT2D eigenvalue weighted by molar-refractivity contribution is 6.04. The number of carbonyl (C=O) groups excluding carboxylic acids is 1. The average molecular weight is 514 g/mol. The summed E-state index contributed by atoms with van der Waals surface area (Å²) in [6.07, 6.45) is 0.368. The van der Waals surface area contributed by atoms with E-state index in [2.05, 4.69) is 32.3 Å². The van der Waals surface area contributed by atoms with Crippen LogP contribution in [-0.4, -0.2) is 60.8 Å². The number of anilines is 2. The molecule has 2 heterocycles. The second kappa shape index (κ2) is 11.1. The second-order valence-electron chi connectivity index (χ2n) is 9.77. The number of likely N-dealkylation sites (N-methyl/N-ethyl adjacent to an activating group) is 1. The summed E-state index contributed by atoms with van der Waals surface area (Å²) in [5, 5.41) is 7.01. The molecule has 1 aliphatic rings. The summed E-state index contributed by atoms with van der Waals surface area (Å²) in [4.78, 5) is 21.9. The number of nitrogens with zero attached hydrogens (tertiary/aromatic N) is 4. The Balaban J connectivity index is 1.31. The van der Waals surface area contributed by atoms with Crippen molar-refractivity contribution in [3.63, 3.8) is 0 Å². The van der Waals surface area contributed by atoms with Crippen molar-refractivity contribution in [3.05, 3.63) is 83.2 Å². The molecule has 0 radical (unpaired) electrons. The van der Waals surface area contributed by atoms with Gasteiger partial charge in [-0.3, -0.25) is 9.18 Å². The predicted octanol–water partition coefficient (Wildman–Crippen LogP) is 5.54. The average Bonchev–Trinajstić information content (AvgIpc) is 3.36. The van der Waals surface area contributed by atoms with Gasteiger partial charge in [0.2, 0.25) is 11.7 Å². The molecule has 0 atom stereocenters. The summed E-state index contributed by atoms with van der Waals surface area (Å²) < 4.78 is 18.3. The molecule has 38 heavy (non-hydrogen) atoms. The molecule has 0 saturated carbocycles. The molecule has 1 amide bonds. The zero-order valence-corrected chi connectivity index (χ0v) is 22.0. The summed E-state index contributed by atoms with van der Waals surface area (Å²) >= 11 is 0. The van der Waals surface area contributed by atoms with Gasteiger partial charge in [0.1, 0.15) is 0 Å². The van der Waals surface area contributed by atoms with Crippen LogP contribution in [0.1, 0.15) is 27.4 Å². The first kappa shape index (κ1) is 25.6. The lowest BCUT2D eigenvalue weighted by atomic mass is 9.97. The van der Waals surface area contributed by atoms with E-state index in [0.717, 1.165) is 59.7 Å². The number of aryl methyl sites for hydroxylation is 3. The number of hydrogen-bond donors (Lipinski definition) is 1. The van der Waals surface area contributed by atoms with Crippen LogP contribution in [0.3, 0.4) is 0 Å². The third-order valence-electron chi connectivity index (χ3n) is 7.02. The van der Waals surface area contributed by atoms with Gasteiger partial charge in [-0.1, -0.05) is 35.5 Å². The molecule has 196 valence electrons. The molecule has 1 aliphatic heterocycles. The monoisotopic (exact) mass is 513 g/mol. The maximum Gasteiger partial charge on any atom is 0.255 e. The summed E-state index contributed by atoms with van der Waals surface area (Å²) in [6.45, 7) is 7.07. The zero-order chi connectivity index (χ0) is 26.6. The Labute approximate surface area is 222 Å². The normalized spacial score (nSPS) is 14.1. The lowest BCUT2D eigenvalue weighted by Gasteiger charge is -2.35. The molecule has 1 N–H and O–H groups in total. The van der Waals surface area contributed by atoms with Crippen LogP contribution in [0.4, 0.5) is 15.8 Å². The third kappa shape index (κ3) is 5.60. The first-order valence-electron chi connectivity index (χ1n) is 12.9. The Hall–Kier alpha value is -4.04. The maximum atomic E-state index is 13.2. The highest BCUT2D eigenvalue weighted by Crippen LogP contribution is 2.29. The van der Waals surface area contributed by atoms with Crippen molar-refractivity contribution in [2.24, 2.45) is 0 Å². The molecule has 4 aromatic rings. The Bertz CT molecular complexity index is 1430. The fourth-order valence-electron chi connectivity index (χ4n) is 4.84. The number of hydrogen-bond acceptors (Lipinski definition) is 6. The van der Waals surface area contributed by atoms with E-state index in [1.54, 1.807) is 6.92 Å². The van der Waals surface area contributed by atoms with E-state index in [-0.39, 0.29) is 5.91 Å². The predicted molar refractivity (Wildman–Crippen MR) is 148 cm³/mol. The van der Waals surface area contributed by atoms with Crippen LogP contribution >= 0.6 is 0 Å². The van der Waals surface area contributed by atoms with Crippen LogP contribution in [0.25, 0.3) is 22.5 Å². The van der Waals surface area contributed by atoms with Gasteiger partial charge in [0.05, 0.1) is 6.67 Å². The van der Waals surface area contributed by atoms with Crippen molar-refractivity contribution in [2.45, 2.75) is 20.3 Å². The van der Waals surface area contributed by atoms with Gasteiger partial charge < -0.3 is 19.6 Å². The topological polar surface area (TPSA) is 74.5 Å². The van der Waals surface area contributed by atoms with E-state index in [4.69, 9.17) is 4.52 Å². The summed E-state index contributed by atoms with van der Waals surface area (Å²) in [7, 11) is 2.11. The highest BCUT2D eigenvalue weighted by atomic mass is 19.1. The molecular weight excluding hydrogens is 481 g/mol. The number of alkyl halides is 1. The molecule has 5 rings (SSSR count). The number of halogens is 1. The van der Waals surface area contributed by atoms with Crippen molar-refractivity contribution in [1.29, 1.82) is 0 Å². The smallest absolute Gasteiger partial charge is 0.255 e. The SMILES string of the molecule is Cc1nc(-c2ccc(-c3ccc(C(=O)Nc4ccc(CCF)c(N5CCN(C)CC5)c4)cc3)c(C)c2)no1. The van der Waals surface area contributed by atoms with Gasteiger partial charge in [0, 0.05) is 62.0 Å². The first-order valence-corrected chi connectivity index (χ1v) is 12.9. The van der Waals surface area contributed by atoms with E-state index in [9.17, 15) is 9.18 Å². The minimum Gasteiger partial charge on any atom is -0.369 e. The number of aromatic nitrogens is 2. The van der Waals surface area contributed by atoms with E-state index in [1.165, 1.54) is 0 Å². The molecular formula is C30H32FN5O2. The second-order valence-corrected chi connectivity index (χ2v) is 9.77. The summed E-state index contributed by atoms with van der Waals surface area (Å²) in [6, 6.07) is 19.4. The quantitative estimate of drug-likeness (QED) is 0.350. The van der Waals surface area contributed by atoms with E-state index in [0.29, 0.717) is 29.4 Å². The minimum atomic E-state index is -0.405. The number of rotatable bonds is 7. The van der Waals surface area contributed by atoms with Gasteiger partial charge in [-0.15, -0.1) is 0 Å². The molecule has 1 fully saturated rings. The van der Waals surface area contributed by atoms with Crippen molar-refractivity contribution in [3.8, 4) is 22.5 Å². The molecule has 0 bridgehead atoms. The van der Waals surface area contributed by atoms with Gasteiger partial charge in [0.25, 0.3) is 5.91 Å². The van der Waals surface area contributed by atoms with Gasteiger partial charge in [-0.25, -0.2) is 0 Å². The molecule has 0 spiro atoms. The van der Waals surface area contributed by atoms with Crippen LogP contribution in [0, 0.1) is 13.8 Å². The van der Waals surface area contributed by atoms with Crippen molar-refractivity contribution >= 4 is 17.3 Å². The third-order valence-corrected chi connectivity index (χ3v) is 7.02. The lowest BCUT2D eigenvalue weighted by molar-refractivity contribution is 0.102. The first-order chi connectivity index (χ1) is 18.4. The van der Waals surface area contributed by atoms with Crippen LogP contribution < -0.4 is 10.2 Å². The fraction of sp³-hybridized carbons (Fsp3) is 0.300. The Morgan fingerprint density at radius 2 is 1.71 bits per heavy atom. The van der Waals surface area contributed by atoms with E-state index < -0.39 is 6.67 Å². The molecule has 1 aromatic heterocycles. The van der Waals surface area contributed by atoms with E-state index >= 15 is 0 Å². The van der Waals surface area contributed by atoms with Crippen LogP contribution in [-0.2, 0) is 6.42 Å². The van der Waals surface area contributed by atoms with Gasteiger partial charge in [0.15, 0.2) is 0 Å².